The molecule has 120 valence electrons. The van der Waals surface area contributed by atoms with Crippen molar-refractivity contribution < 1.29 is 13.5 Å². The van der Waals surface area contributed by atoms with E-state index < -0.39 is 9.84 Å². The van der Waals surface area contributed by atoms with Crippen LogP contribution in [0.1, 0.15) is 24.8 Å². The Morgan fingerprint density at radius 1 is 1.09 bits per heavy atom. The molecule has 0 atom stereocenters. The molecule has 0 saturated heterocycles. The third-order valence-corrected chi connectivity index (χ3v) is 5.23. The highest BCUT2D eigenvalue weighted by Gasteiger charge is 2.23. The second kappa shape index (κ2) is 7.02. The van der Waals surface area contributed by atoms with Crippen molar-refractivity contribution in [3.8, 4) is 11.4 Å². The van der Waals surface area contributed by atoms with E-state index in [-0.39, 0.29) is 17.5 Å². The van der Waals surface area contributed by atoms with Gasteiger partial charge in [-0.15, -0.1) is 10.2 Å². The third-order valence-electron chi connectivity index (χ3n) is 3.49. The number of aromatic nitrogens is 3. The molecule has 0 aliphatic rings. The molecule has 0 bridgehead atoms. The summed E-state index contributed by atoms with van der Waals surface area (Å²) < 4.78 is 26.2. The Labute approximate surface area is 130 Å². The minimum absolute atomic E-state index is 0.00734. The molecule has 2 rings (SSSR count). The van der Waals surface area contributed by atoms with Gasteiger partial charge in [0.15, 0.2) is 5.82 Å². The highest BCUT2D eigenvalue weighted by atomic mass is 32.2. The molecule has 0 amide bonds. The minimum Gasteiger partial charge on any atom is -0.396 e. The summed E-state index contributed by atoms with van der Waals surface area (Å²) in [5, 5.41) is 16.6. The molecule has 0 saturated carbocycles. The lowest BCUT2D eigenvalue weighted by Gasteiger charge is -2.05. The molecule has 1 aromatic heterocycles. The van der Waals surface area contributed by atoms with Crippen LogP contribution in [-0.2, 0) is 16.9 Å². The summed E-state index contributed by atoms with van der Waals surface area (Å²) in [5.41, 5.74) is 1.96. The van der Waals surface area contributed by atoms with Gasteiger partial charge in [0.05, 0.1) is 5.75 Å². The molecule has 22 heavy (non-hydrogen) atoms. The van der Waals surface area contributed by atoms with Gasteiger partial charge in [-0.1, -0.05) is 36.2 Å². The lowest BCUT2D eigenvalue weighted by atomic mass is 10.1. The van der Waals surface area contributed by atoms with Crippen LogP contribution in [0, 0.1) is 6.92 Å². The number of aliphatic hydroxyl groups excluding tert-OH is 1. The summed E-state index contributed by atoms with van der Waals surface area (Å²) in [6.07, 6.45) is 1.80. The fraction of sp³-hybridized carbons (Fsp3) is 0.467. The molecule has 0 fully saturated rings. The van der Waals surface area contributed by atoms with Crippen molar-refractivity contribution in [1.82, 2.24) is 14.8 Å². The van der Waals surface area contributed by atoms with Crippen LogP contribution in [0.15, 0.2) is 29.4 Å². The molecule has 6 nitrogen and oxygen atoms in total. The highest BCUT2D eigenvalue weighted by Crippen LogP contribution is 2.20. The second-order valence-corrected chi connectivity index (χ2v) is 7.34. The van der Waals surface area contributed by atoms with Crippen LogP contribution >= 0.6 is 0 Å². The summed E-state index contributed by atoms with van der Waals surface area (Å²) in [7, 11) is -1.80. The Balaban J connectivity index is 2.21. The summed E-state index contributed by atoms with van der Waals surface area (Å²) in [5.74, 6) is 0.557. The zero-order valence-corrected chi connectivity index (χ0v) is 13.7. The smallest absolute Gasteiger partial charge is 0.249 e. The zero-order valence-electron chi connectivity index (χ0n) is 12.9. The molecule has 1 heterocycles. The molecule has 1 aromatic carbocycles. The Morgan fingerprint density at radius 2 is 1.77 bits per heavy atom. The van der Waals surface area contributed by atoms with Gasteiger partial charge < -0.3 is 9.67 Å². The van der Waals surface area contributed by atoms with Gasteiger partial charge in [0.2, 0.25) is 15.0 Å². The van der Waals surface area contributed by atoms with E-state index in [4.69, 9.17) is 5.11 Å². The fourth-order valence-corrected chi connectivity index (χ4v) is 3.65. The lowest BCUT2D eigenvalue weighted by Crippen LogP contribution is -2.13. The van der Waals surface area contributed by atoms with E-state index in [1.165, 1.54) is 4.57 Å². The van der Waals surface area contributed by atoms with Crippen LogP contribution in [-0.4, -0.2) is 40.6 Å². The number of aryl methyl sites for hydroxylation is 1. The molecule has 1 N–H and O–H groups in total. The Bertz CT molecular complexity index is 721. The summed E-state index contributed by atoms with van der Waals surface area (Å²) in [6.45, 7) is 2.07. The maximum absolute atomic E-state index is 12.3. The number of aliphatic hydroxyl groups is 1. The van der Waals surface area contributed by atoms with Crippen molar-refractivity contribution in [2.24, 2.45) is 7.05 Å². The highest BCUT2D eigenvalue weighted by molar-refractivity contribution is 7.91. The van der Waals surface area contributed by atoms with Gasteiger partial charge in [-0.05, 0) is 19.8 Å². The van der Waals surface area contributed by atoms with Crippen LogP contribution in [0.25, 0.3) is 11.4 Å². The molecule has 0 aliphatic heterocycles. The first-order valence-electron chi connectivity index (χ1n) is 7.26. The Morgan fingerprint density at radius 3 is 2.41 bits per heavy atom. The monoisotopic (exact) mass is 323 g/mol. The quantitative estimate of drug-likeness (QED) is 0.784. The standard InChI is InChI=1S/C15H21N3O3S/c1-12-6-8-13(9-7-12)14-16-17-15(18(14)2)22(20,21)11-5-3-4-10-19/h6-9,19H,3-5,10-11H2,1-2H3. The van der Waals surface area contributed by atoms with Crippen molar-refractivity contribution in [1.29, 1.82) is 0 Å². The molecule has 0 spiro atoms. The van der Waals surface area contributed by atoms with Gasteiger partial charge in [0, 0.05) is 19.2 Å². The van der Waals surface area contributed by atoms with Crippen molar-refractivity contribution >= 4 is 9.84 Å². The maximum Gasteiger partial charge on any atom is 0.249 e. The number of hydrogen-bond acceptors (Lipinski definition) is 5. The summed E-state index contributed by atoms with van der Waals surface area (Å²) in [4.78, 5) is 0. The van der Waals surface area contributed by atoms with E-state index in [1.807, 2.05) is 31.2 Å². The molecule has 2 aromatic rings. The van der Waals surface area contributed by atoms with Gasteiger partial charge in [0.25, 0.3) is 0 Å². The predicted molar refractivity (Wildman–Crippen MR) is 84.2 cm³/mol. The molecular formula is C15H21N3O3S. The summed E-state index contributed by atoms with van der Waals surface area (Å²) in [6, 6.07) is 7.70. The zero-order chi connectivity index (χ0) is 16.2. The van der Waals surface area contributed by atoms with Crippen molar-refractivity contribution in [3.63, 3.8) is 0 Å². The Kier molecular flexibility index (Phi) is 5.31. The van der Waals surface area contributed by atoms with Gasteiger partial charge in [-0.3, -0.25) is 0 Å². The number of hydrogen-bond donors (Lipinski definition) is 1. The van der Waals surface area contributed by atoms with Crippen LogP contribution in [0.5, 0.6) is 0 Å². The first-order valence-corrected chi connectivity index (χ1v) is 8.91. The average Bonchev–Trinajstić information content (AvgIpc) is 2.87. The first kappa shape index (κ1) is 16.6. The van der Waals surface area contributed by atoms with E-state index in [1.54, 1.807) is 7.05 Å². The van der Waals surface area contributed by atoms with Crippen molar-refractivity contribution in [2.45, 2.75) is 31.3 Å². The second-order valence-electron chi connectivity index (χ2n) is 5.33. The third kappa shape index (κ3) is 3.72. The first-order chi connectivity index (χ1) is 10.5. The molecular weight excluding hydrogens is 302 g/mol. The number of unbranched alkanes of at least 4 members (excludes halogenated alkanes) is 2. The van der Waals surface area contributed by atoms with E-state index >= 15 is 0 Å². The number of nitrogens with zero attached hydrogens (tertiary/aromatic N) is 3. The minimum atomic E-state index is -3.46. The van der Waals surface area contributed by atoms with Crippen LogP contribution in [0.2, 0.25) is 0 Å². The van der Waals surface area contributed by atoms with Crippen LogP contribution in [0.3, 0.4) is 0 Å². The lowest BCUT2D eigenvalue weighted by molar-refractivity contribution is 0.284. The predicted octanol–water partition coefficient (Wildman–Crippen LogP) is 1.73. The van der Waals surface area contributed by atoms with Crippen molar-refractivity contribution in [3.05, 3.63) is 29.8 Å². The SMILES string of the molecule is Cc1ccc(-c2nnc(S(=O)(=O)CCCCCO)n2C)cc1. The molecule has 7 heteroatoms. The number of benzene rings is 1. The summed E-state index contributed by atoms with van der Waals surface area (Å²) >= 11 is 0. The van der Waals surface area contributed by atoms with E-state index in [0.717, 1.165) is 11.1 Å². The molecule has 0 unspecified atom stereocenters. The van der Waals surface area contributed by atoms with E-state index in [9.17, 15) is 8.42 Å². The average molecular weight is 323 g/mol. The molecule has 0 aliphatic carbocycles. The van der Waals surface area contributed by atoms with Gasteiger partial charge in [0.1, 0.15) is 0 Å². The van der Waals surface area contributed by atoms with Crippen molar-refractivity contribution in [2.75, 3.05) is 12.4 Å². The largest absolute Gasteiger partial charge is 0.396 e. The topological polar surface area (TPSA) is 85.1 Å². The fourth-order valence-electron chi connectivity index (χ4n) is 2.21. The van der Waals surface area contributed by atoms with E-state index in [2.05, 4.69) is 10.2 Å². The van der Waals surface area contributed by atoms with Crippen LogP contribution in [0.4, 0.5) is 0 Å². The van der Waals surface area contributed by atoms with E-state index in [0.29, 0.717) is 25.1 Å². The van der Waals surface area contributed by atoms with Crippen LogP contribution < -0.4 is 0 Å². The Hall–Kier alpha value is -1.73. The maximum atomic E-state index is 12.3. The van der Waals surface area contributed by atoms with Gasteiger partial charge in [-0.2, -0.15) is 0 Å². The molecule has 0 radical (unpaired) electrons. The normalized spacial score (nSPS) is 11.8. The van der Waals surface area contributed by atoms with Gasteiger partial charge >= 0.3 is 0 Å². The number of sulfone groups is 1. The number of rotatable bonds is 7. The van der Waals surface area contributed by atoms with Gasteiger partial charge in [-0.25, -0.2) is 8.42 Å².